The van der Waals surface area contributed by atoms with Crippen LogP contribution in [0, 0.1) is 0 Å². The lowest BCUT2D eigenvalue weighted by atomic mass is 10.1. The van der Waals surface area contributed by atoms with Gasteiger partial charge in [0.2, 0.25) is 0 Å². The Morgan fingerprint density at radius 2 is 2.16 bits per heavy atom. The van der Waals surface area contributed by atoms with E-state index in [-0.39, 0.29) is 11.5 Å². The van der Waals surface area contributed by atoms with Gasteiger partial charge in [0.1, 0.15) is 11.5 Å². The van der Waals surface area contributed by atoms with Crippen molar-refractivity contribution < 1.29 is 13.9 Å². The van der Waals surface area contributed by atoms with Crippen molar-refractivity contribution >= 4 is 11.5 Å². The monoisotopic (exact) mass is 257 g/mol. The van der Waals surface area contributed by atoms with E-state index in [9.17, 15) is 4.79 Å². The Kier molecular flexibility index (Phi) is 3.54. The van der Waals surface area contributed by atoms with E-state index in [1.807, 2.05) is 0 Å². The normalized spacial score (nSPS) is 9.79. The zero-order valence-electron chi connectivity index (χ0n) is 10.5. The first-order chi connectivity index (χ1) is 9.15. The van der Waals surface area contributed by atoms with Crippen molar-refractivity contribution in [2.24, 2.45) is 5.11 Å². The van der Waals surface area contributed by atoms with Crippen LogP contribution >= 0.6 is 0 Å². The largest absolute Gasteiger partial charge is 0.496 e. The fraction of sp³-hybridized carbons (Fsp3) is 0.154. The van der Waals surface area contributed by atoms with Gasteiger partial charge in [0, 0.05) is 17.5 Å². The fourth-order valence-corrected chi connectivity index (χ4v) is 1.67. The molecule has 0 N–H and O–H groups in total. The molecular formula is C13H11N3O3. The average Bonchev–Trinajstić information content (AvgIpc) is 2.88. The minimum absolute atomic E-state index is 0.143. The van der Waals surface area contributed by atoms with Gasteiger partial charge in [-0.05, 0) is 29.8 Å². The number of carbonyl (C=O) groups excluding carboxylic acids is 1. The van der Waals surface area contributed by atoms with Crippen LogP contribution in [0.15, 0.2) is 39.9 Å². The number of hydrogen-bond acceptors (Lipinski definition) is 4. The molecule has 19 heavy (non-hydrogen) atoms. The summed E-state index contributed by atoms with van der Waals surface area (Å²) in [6.45, 7) is 1.44. The molecular weight excluding hydrogens is 246 g/mol. The third kappa shape index (κ3) is 2.59. The number of methoxy groups -OCH3 is 1. The van der Waals surface area contributed by atoms with Gasteiger partial charge < -0.3 is 9.15 Å². The Labute approximate surface area is 109 Å². The van der Waals surface area contributed by atoms with Crippen LogP contribution in [0.1, 0.15) is 17.5 Å². The van der Waals surface area contributed by atoms with Crippen LogP contribution in [0.25, 0.3) is 21.8 Å². The summed E-state index contributed by atoms with van der Waals surface area (Å²) in [6, 6.07) is 8.27. The maximum atomic E-state index is 11.2. The molecule has 0 amide bonds. The number of ketones is 1. The lowest BCUT2D eigenvalue weighted by Gasteiger charge is -2.06. The second-order valence-corrected chi connectivity index (χ2v) is 3.79. The first kappa shape index (κ1) is 12.7. The van der Waals surface area contributed by atoms with E-state index >= 15 is 0 Å². The summed E-state index contributed by atoms with van der Waals surface area (Å²) in [5.74, 6) is 1.18. The predicted octanol–water partition coefficient (Wildman–Crippen LogP) is 4.10. The van der Waals surface area contributed by atoms with Gasteiger partial charge >= 0.3 is 0 Å². The van der Waals surface area contributed by atoms with Gasteiger partial charge in [-0.1, -0.05) is 11.2 Å². The van der Waals surface area contributed by atoms with Crippen molar-refractivity contribution in [2.45, 2.75) is 6.92 Å². The number of ether oxygens (including phenoxy) is 1. The third-order valence-electron chi connectivity index (χ3n) is 2.56. The molecule has 6 heteroatoms. The molecule has 0 bridgehead atoms. The summed E-state index contributed by atoms with van der Waals surface area (Å²) in [5.41, 5.74) is 9.53. The Balaban J connectivity index is 2.48. The Bertz CT molecular complexity index is 670. The summed E-state index contributed by atoms with van der Waals surface area (Å²) >= 11 is 0. The molecule has 0 aliphatic heterocycles. The van der Waals surface area contributed by atoms with Crippen molar-refractivity contribution in [1.82, 2.24) is 0 Å². The van der Waals surface area contributed by atoms with E-state index in [1.54, 1.807) is 30.3 Å². The van der Waals surface area contributed by atoms with Crippen molar-refractivity contribution in [1.29, 1.82) is 0 Å². The number of azide groups is 1. The van der Waals surface area contributed by atoms with E-state index in [1.165, 1.54) is 14.0 Å². The molecule has 0 radical (unpaired) electrons. The first-order valence-electron chi connectivity index (χ1n) is 5.50. The van der Waals surface area contributed by atoms with Gasteiger partial charge in [0.15, 0.2) is 11.5 Å². The van der Waals surface area contributed by atoms with Crippen LogP contribution in [-0.4, -0.2) is 12.9 Å². The van der Waals surface area contributed by atoms with Crippen molar-refractivity contribution in [3.63, 3.8) is 0 Å². The maximum absolute atomic E-state index is 11.2. The van der Waals surface area contributed by atoms with Crippen LogP contribution in [0.3, 0.4) is 0 Å². The zero-order chi connectivity index (χ0) is 13.8. The molecule has 1 aromatic carbocycles. The van der Waals surface area contributed by atoms with E-state index < -0.39 is 0 Å². The van der Waals surface area contributed by atoms with Crippen molar-refractivity contribution in [3.05, 3.63) is 46.5 Å². The number of nitrogens with zero attached hydrogens (tertiary/aromatic N) is 3. The molecule has 96 valence electrons. The molecule has 0 aliphatic rings. The van der Waals surface area contributed by atoms with Crippen LogP contribution in [0.4, 0.5) is 5.69 Å². The van der Waals surface area contributed by atoms with E-state index in [0.29, 0.717) is 22.8 Å². The Hall–Kier alpha value is -2.72. The smallest absolute Gasteiger partial charge is 0.194 e. The zero-order valence-corrected chi connectivity index (χ0v) is 10.5. The lowest BCUT2D eigenvalue weighted by molar-refractivity contribution is 0.0988. The number of Topliss-reactive ketones (excluding diaryl/α,β-unsaturated/α-hetero) is 1. The highest BCUT2D eigenvalue weighted by atomic mass is 16.5. The summed E-state index contributed by atoms with van der Waals surface area (Å²) < 4.78 is 10.7. The molecule has 0 unspecified atom stereocenters. The number of carbonyl (C=O) groups is 1. The second-order valence-electron chi connectivity index (χ2n) is 3.79. The van der Waals surface area contributed by atoms with Crippen molar-refractivity contribution in [2.75, 3.05) is 7.11 Å². The standard InChI is InChI=1S/C13H11N3O3/c1-8(17)11-5-6-12(19-11)10-4-3-9(15-16-14)7-13(10)18-2/h3-7H,1-2H3. The summed E-state index contributed by atoms with van der Waals surface area (Å²) in [7, 11) is 1.51. The highest BCUT2D eigenvalue weighted by Crippen LogP contribution is 2.34. The molecule has 0 saturated carbocycles. The lowest BCUT2D eigenvalue weighted by Crippen LogP contribution is -1.88. The SMILES string of the molecule is COc1cc(N=[N+]=[N-])ccc1-c1ccc(C(C)=O)o1. The topological polar surface area (TPSA) is 88.2 Å². The van der Waals surface area contributed by atoms with E-state index in [2.05, 4.69) is 10.0 Å². The molecule has 6 nitrogen and oxygen atoms in total. The number of benzene rings is 1. The van der Waals surface area contributed by atoms with Gasteiger partial charge in [-0.15, -0.1) is 0 Å². The Morgan fingerprint density at radius 3 is 2.74 bits per heavy atom. The molecule has 0 atom stereocenters. The van der Waals surface area contributed by atoms with E-state index in [4.69, 9.17) is 14.7 Å². The quantitative estimate of drug-likeness (QED) is 0.357. The summed E-state index contributed by atoms with van der Waals surface area (Å²) in [6.07, 6.45) is 0. The van der Waals surface area contributed by atoms with Crippen LogP contribution in [0.2, 0.25) is 0 Å². The van der Waals surface area contributed by atoms with Crippen LogP contribution in [-0.2, 0) is 0 Å². The molecule has 0 aliphatic carbocycles. The number of rotatable bonds is 4. The summed E-state index contributed by atoms with van der Waals surface area (Å²) in [4.78, 5) is 13.9. The minimum Gasteiger partial charge on any atom is -0.496 e. The van der Waals surface area contributed by atoms with Gasteiger partial charge in [0.05, 0.1) is 12.7 Å². The van der Waals surface area contributed by atoms with Crippen LogP contribution in [0.5, 0.6) is 5.75 Å². The van der Waals surface area contributed by atoms with Crippen molar-refractivity contribution in [3.8, 4) is 17.1 Å². The predicted molar refractivity (Wildman–Crippen MR) is 69.5 cm³/mol. The highest BCUT2D eigenvalue weighted by molar-refractivity contribution is 5.92. The van der Waals surface area contributed by atoms with Crippen LogP contribution < -0.4 is 4.74 Å². The highest BCUT2D eigenvalue weighted by Gasteiger charge is 2.12. The minimum atomic E-state index is -0.143. The number of hydrogen-bond donors (Lipinski definition) is 0. The van der Waals surface area contributed by atoms with Gasteiger partial charge in [0.25, 0.3) is 0 Å². The molecule has 0 saturated heterocycles. The summed E-state index contributed by atoms with van der Waals surface area (Å²) in [5, 5.41) is 3.50. The molecule has 0 spiro atoms. The molecule has 1 heterocycles. The Morgan fingerprint density at radius 1 is 1.37 bits per heavy atom. The molecule has 2 rings (SSSR count). The molecule has 2 aromatic rings. The molecule has 0 fully saturated rings. The van der Waals surface area contributed by atoms with E-state index in [0.717, 1.165) is 0 Å². The number of furan rings is 1. The van der Waals surface area contributed by atoms with Gasteiger partial charge in [-0.3, -0.25) is 4.79 Å². The first-order valence-corrected chi connectivity index (χ1v) is 5.50. The van der Waals surface area contributed by atoms with Gasteiger partial charge in [-0.2, -0.15) is 0 Å². The third-order valence-corrected chi connectivity index (χ3v) is 2.56. The average molecular weight is 257 g/mol. The van der Waals surface area contributed by atoms with Gasteiger partial charge in [-0.25, -0.2) is 0 Å². The fourth-order valence-electron chi connectivity index (χ4n) is 1.67. The molecule has 1 aromatic heterocycles. The second kappa shape index (κ2) is 5.29. The maximum Gasteiger partial charge on any atom is 0.194 e.